The van der Waals surface area contributed by atoms with Gasteiger partial charge in [0.05, 0.1) is 10.6 Å². The molecule has 21 heavy (non-hydrogen) atoms. The number of fused-ring (bicyclic) bond motifs is 5. The van der Waals surface area contributed by atoms with Gasteiger partial charge in [-0.3, -0.25) is 0 Å². The zero-order chi connectivity index (χ0) is 14.8. The van der Waals surface area contributed by atoms with Gasteiger partial charge in [0.2, 0.25) is 0 Å². The number of rotatable bonds is 0. The highest BCUT2D eigenvalue weighted by Gasteiger charge is 2.54. The fourth-order valence-electron chi connectivity index (χ4n) is 5.58. The molecule has 1 aromatic carbocycles. The summed E-state index contributed by atoms with van der Waals surface area (Å²) in [7, 11) is 0. The molecule has 2 nitrogen and oxygen atoms in total. The van der Waals surface area contributed by atoms with E-state index in [1.807, 2.05) is 6.07 Å². The average molecular weight is 351 g/mol. The smallest absolute Gasteiger partial charge is 0.130 e. The minimum atomic E-state index is -0.101. The number of hydrogen-bond donors (Lipinski definition) is 2. The lowest BCUT2D eigenvalue weighted by Crippen LogP contribution is -2.43. The van der Waals surface area contributed by atoms with Gasteiger partial charge in [-0.25, -0.2) is 0 Å². The fraction of sp³-hybridized carbons (Fsp3) is 0.667. The van der Waals surface area contributed by atoms with E-state index in [-0.39, 0.29) is 11.5 Å². The van der Waals surface area contributed by atoms with Crippen molar-refractivity contribution in [3.05, 3.63) is 27.7 Å². The molecule has 2 fully saturated rings. The monoisotopic (exact) mass is 350 g/mol. The van der Waals surface area contributed by atoms with Gasteiger partial charge in [-0.2, -0.15) is 0 Å². The molecule has 3 heteroatoms. The molecule has 3 aliphatic rings. The number of phenols is 1. The van der Waals surface area contributed by atoms with Crippen LogP contribution in [0.5, 0.6) is 5.75 Å². The lowest BCUT2D eigenvalue weighted by Gasteiger charge is -2.50. The summed E-state index contributed by atoms with van der Waals surface area (Å²) in [4.78, 5) is 0. The molecule has 1 aromatic rings. The van der Waals surface area contributed by atoms with E-state index < -0.39 is 0 Å². The zero-order valence-corrected chi connectivity index (χ0v) is 14.1. The van der Waals surface area contributed by atoms with Gasteiger partial charge in [0, 0.05) is 0 Å². The molecular formula is C18H23BrO2. The van der Waals surface area contributed by atoms with Crippen molar-refractivity contribution >= 4 is 15.9 Å². The topological polar surface area (TPSA) is 40.5 Å². The number of phenolic OH excluding ortho intramolecular Hbond substituents is 1. The predicted octanol–water partition coefficient (Wildman–Crippen LogP) is 4.37. The Hall–Kier alpha value is -0.540. The summed E-state index contributed by atoms with van der Waals surface area (Å²) in [5, 5.41) is 20.3. The number of aliphatic hydroxyl groups is 1. The first-order chi connectivity index (χ1) is 10.0. The highest BCUT2D eigenvalue weighted by molar-refractivity contribution is 9.10. The van der Waals surface area contributed by atoms with Crippen molar-refractivity contribution in [1.82, 2.24) is 0 Å². The fourth-order valence-corrected chi connectivity index (χ4v) is 6.14. The van der Waals surface area contributed by atoms with E-state index in [1.165, 1.54) is 30.4 Å². The van der Waals surface area contributed by atoms with Gasteiger partial charge in [-0.05, 0) is 94.8 Å². The molecule has 0 heterocycles. The van der Waals surface area contributed by atoms with Crippen molar-refractivity contribution in [2.75, 3.05) is 0 Å². The molecule has 0 aromatic heterocycles. The van der Waals surface area contributed by atoms with E-state index in [2.05, 4.69) is 28.9 Å². The van der Waals surface area contributed by atoms with Crippen LogP contribution in [-0.4, -0.2) is 16.3 Å². The van der Waals surface area contributed by atoms with Crippen molar-refractivity contribution < 1.29 is 10.2 Å². The highest BCUT2D eigenvalue weighted by atomic mass is 79.9. The molecule has 0 unspecified atom stereocenters. The quantitative estimate of drug-likeness (QED) is 0.729. The van der Waals surface area contributed by atoms with Crippen LogP contribution in [0.3, 0.4) is 0 Å². The third-order valence-electron chi connectivity index (χ3n) is 6.77. The van der Waals surface area contributed by atoms with Crippen LogP contribution in [0.2, 0.25) is 0 Å². The minimum Gasteiger partial charge on any atom is -0.507 e. The number of aromatic hydroxyl groups is 1. The van der Waals surface area contributed by atoms with Crippen LogP contribution >= 0.6 is 15.9 Å². The zero-order valence-electron chi connectivity index (χ0n) is 12.5. The second kappa shape index (κ2) is 4.73. The second-order valence-corrected chi connectivity index (χ2v) is 8.31. The molecular weight excluding hydrogens is 328 g/mol. The second-order valence-electron chi connectivity index (χ2n) is 7.52. The predicted molar refractivity (Wildman–Crippen MR) is 86.4 cm³/mol. The van der Waals surface area contributed by atoms with Crippen molar-refractivity contribution in [1.29, 1.82) is 0 Å². The van der Waals surface area contributed by atoms with Crippen LogP contribution in [0.15, 0.2) is 16.6 Å². The Kier molecular flexibility index (Phi) is 3.17. The molecule has 0 amide bonds. The van der Waals surface area contributed by atoms with E-state index >= 15 is 0 Å². The van der Waals surface area contributed by atoms with Gasteiger partial charge in [0.1, 0.15) is 5.75 Å². The first-order valence-corrected chi connectivity index (χ1v) is 9.00. The summed E-state index contributed by atoms with van der Waals surface area (Å²) in [6.45, 7) is 2.31. The van der Waals surface area contributed by atoms with Gasteiger partial charge in [0.25, 0.3) is 0 Å². The van der Waals surface area contributed by atoms with Gasteiger partial charge in [0.15, 0.2) is 0 Å². The highest BCUT2D eigenvalue weighted by Crippen LogP contribution is 2.61. The Morgan fingerprint density at radius 2 is 2.00 bits per heavy atom. The standard InChI is InChI=1S/C18H23BrO2/c1-18-9-8-11-10-4-6-15(20)17(19)13(10)3-2-12(11)14(18)5-7-16(18)21/h4,6,11-12,14,16,20-21H,2-3,5,7-9H2,1H3/t11-,12+,14+,16+,18+/m1/s1. The van der Waals surface area contributed by atoms with Gasteiger partial charge in [-0.1, -0.05) is 13.0 Å². The van der Waals surface area contributed by atoms with Gasteiger partial charge < -0.3 is 10.2 Å². The van der Waals surface area contributed by atoms with Crippen LogP contribution in [0.4, 0.5) is 0 Å². The molecule has 4 rings (SSSR count). The van der Waals surface area contributed by atoms with E-state index in [0.717, 1.165) is 23.7 Å². The maximum atomic E-state index is 10.4. The molecule has 5 atom stereocenters. The Bertz CT molecular complexity index is 585. The van der Waals surface area contributed by atoms with Crippen LogP contribution < -0.4 is 0 Å². The average Bonchev–Trinajstić information content (AvgIpc) is 2.78. The van der Waals surface area contributed by atoms with Crippen molar-refractivity contribution in [2.24, 2.45) is 17.3 Å². The summed E-state index contributed by atoms with van der Waals surface area (Å²) in [6.07, 6.45) is 6.64. The van der Waals surface area contributed by atoms with Crippen LogP contribution in [0.25, 0.3) is 0 Å². The molecule has 0 radical (unpaired) electrons. The van der Waals surface area contributed by atoms with E-state index in [1.54, 1.807) is 0 Å². The number of hydrogen-bond acceptors (Lipinski definition) is 2. The van der Waals surface area contributed by atoms with E-state index in [9.17, 15) is 10.2 Å². The largest absolute Gasteiger partial charge is 0.507 e. The number of aliphatic hydroxyl groups excluding tert-OH is 1. The van der Waals surface area contributed by atoms with Gasteiger partial charge in [-0.15, -0.1) is 0 Å². The van der Waals surface area contributed by atoms with E-state index in [0.29, 0.717) is 23.5 Å². The summed E-state index contributed by atoms with van der Waals surface area (Å²) in [6, 6.07) is 3.98. The van der Waals surface area contributed by atoms with Crippen LogP contribution in [-0.2, 0) is 6.42 Å². The Labute approximate surface area is 134 Å². The summed E-state index contributed by atoms with van der Waals surface area (Å²) in [5.74, 6) is 2.37. The van der Waals surface area contributed by atoms with Crippen molar-refractivity contribution in [2.45, 2.75) is 57.5 Å². The lowest BCUT2D eigenvalue weighted by molar-refractivity contribution is -0.0226. The third kappa shape index (κ3) is 1.86. The lowest BCUT2D eigenvalue weighted by atomic mass is 9.55. The Morgan fingerprint density at radius 3 is 2.81 bits per heavy atom. The normalized spacial score (nSPS) is 41.3. The molecule has 0 bridgehead atoms. The van der Waals surface area contributed by atoms with Crippen molar-refractivity contribution in [3.63, 3.8) is 0 Å². The van der Waals surface area contributed by atoms with Crippen LogP contribution in [0.1, 0.15) is 56.1 Å². The van der Waals surface area contributed by atoms with Gasteiger partial charge >= 0.3 is 0 Å². The molecule has 0 saturated heterocycles. The maximum absolute atomic E-state index is 10.4. The molecule has 2 saturated carbocycles. The third-order valence-corrected chi connectivity index (χ3v) is 7.66. The maximum Gasteiger partial charge on any atom is 0.130 e. The summed E-state index contributed by atoms with van der Waals surface area (Å²) in [5.41, 5.74) is 2.91. The Balaban J connectivity index is 1.74. The SMILES string of the molecule is C[C@]12CC[C@@H]3c4ccc(O)c(Br)c4CC[C@@H]3[C@@H]1CC[C@@H]2O. The minimum absolute atomic E-state index is 0.101. The number of halogens is 1. The Morgan fingerprint density at radius 1 is 1.19 bits per heavy atom. The number of benzene rings is 1. The first kappa shape index (κ1) is 14.1. The molecule has 0 aliphatic heterocycles. The van der Waals surface area contributed by atoms with E-state index in [4.69, 9.17) is 0 Å². The molecule has 2 N–H and O–H groups in total. The summed E-state index contributed by atoms with van der Waals surface area (Å²) < 4.78 is 0.901. The van der Waals surface area contributed by atoms with Crippen LogP contribution in [0, 0.1) is 17.3 Å². The molecule has 0 spiro atoms. The van der Waals surface area contributed by atoms with Crippen molar-refractivity contribution in [3.8, 4) is 5.75 Å². The first-order valence-electron chi connectivity index (χ1n) is 8.20. The summed E-state index contributed by atoms with van der Waals surface area (Å²) >= 11 is 3.57. The molecule has 3 aliphatic carbocycles. The molecule has 114 valence electrons.